The van der Waals surface area contributed by atoms with Crippen LogP contribution in [-0.4, -0.2) is 24.0 Å². The third kappa shape index (κ3) is 3.88. The topological polar surface area (TPSA) is 29.3 Å². The smallest absolute Gasteiger partial charge is 0.0452 e. The summed E-state index contributed by atoms with van der Waals surface area (Å²) in [4.78, 5) is 2.51. The van der Waals surface area contributed by atoms with E-state index in [9.17, 15) is 0 Å². The van der Waals surface area contributed by atoms with Crippen molar-refractivity contribution in [2.75, 3.05) is 13.1 Å². The van der Waals surface area contributed by atoms with Gasteiger partial charge in [-0.15, -0.1) is 0 Å². The Kier molecular flexibility index (Phi) is 6.16. The summed E-state index contributed by atoms with van der Waals surface area (Å²) in [5.74, 6) is 0.613. The summed E-state index contributed by atoms with van der Waals surface area (Å²) in [6.45, 7) is 4.87. The van der Waals surface area contributed by atoms with Gasteiger partial charge in [-0.05, 0) is 55.6 Å². The second kappa shape index (κ2) is 7.65. The van der Waals surface area contributed by atoms with Crippen molar-refractivity contribution in [3.63, 3.8) is 0 Å². The van der Waals surface area contributed by atoms with Crippen LogP contribution >= 0.6 is 23.2 Å². The van der Waals surface area contributed by atoms with Crippen molar-refractivity contribution >= 4 is 23.2 Å². The highest BCUT2D eigenvalue weighted by Gasteiger charge is 2.28. The number of hydrogen-bond acceptors (Lipinski definition) is 2. The number of hydrogen-bond donors (Lipinski definition) is 1. The maximum Gasteiger partial charge on any atom is 0.0452 e. The molecule has 2 unspecified atom stereocenters. The molecule has 1 aliphatic carbocycles. The molecule has 1 aliphatic rings. The first kappa shape index (κ1) is 16.1. The molecule has 0 radical (unpaired) electrons. The average Bonchev–Trinajstić information content (AvgIpc) is 2.48. The predicted molar refractivity (Wildman–Crippen MR) is 87.3 cm³/mol. The number of nitrogens with two attached hydrogens (primary N) is 1. The highest BCUT2D eigenvalue weighted by Crippen LogP contribution is 2.30. The van der Waals surface area contributed by atoms with Gasteiger partial charge in [0.15, 0.2) is 0 Å². The fourth-order valence-electron chi connectivity index (χ4n) is 3.29. The first-order valence-corrected chi connectivity index (χ1v) is 8.29. The van der Waals surface area contributed by atoms with Crippen molar-refractivity contribution in [1.82, 2.24) is 4.90 Å². The molecule has 2 N–H and O–H groups in total. The van der Waals surface area contributed by atoms with Crippen LogP contribution in [0.4, 0.5) is 0 Å². The van der Waals surface area contributed by atoms with E-state index >= 15 is 0 Å². The Bertz CT molecular complexity index is 436. The summed E-state index contributed by atoms with van der Waals surface area (Å²) < 4.78 is 0. The highest BCUT2D eigenvalue weighted by atomic mass is 35.5. The summed E-state index contributed by atoms with van der Waals surface area (Å²) in [5.41, 5.74) is 7.07. The number of rotatable bonds is 5. The Hall–Kier alpha value is -0.280. The van der Waals surface area contributed by atoms with E-state index in [1.807, 2.05) is 18.2 Å². The molecule has 0 aliphatic heterocycles. The quantitative estimate of drug-likeness (QED) is 0.876. The molecule has 1 aromatic carbocycles. The zero-order valence-corrected chi connectivity index (χ0v) is 13.6. The van der Waals surface area contributed by atoms with Crippen molar-refractivity contribution in [1.29, 1.82) is 0 Å². The lowest BCUT2D eigenvalue weighted by Crippen LogP contribution is -2.44. The first-order valence-electron chi connectivity index (χ1n) is 7.53. The Morgan fingerprint density at radius 1 is 1.25 bits per heavy atom. The van der Waals surface area contributed by atoms with E-state index in [2.05, 4.69) is 11.8 Å². The normalized spacial score (nSPS) is 23.2. The van der Waals surface area contributed by atoms with Crippen LogP contribution in [0.25, 0.3) is 0 Å². The minimum atomic E-state index is 0.578. The van der Waals surface area contributed by atoms with Gasteiger partial charge in [-0.25, -0.2) is 0 Å². The maximum atomic E-state index is 6.30. The van der Waals surface area contributed by atoms with E-state index in [0.29, 0.717) is 12.0 Å². The summed E-state index contributed by atoms with van der Waals surface area (Å²) in [5, 5.41) is 1.55. The van der Waals surface area contributed by atoms with Gasteiger partial charge in [-0.1, -0.05) is 43.0 Å². The predicted octanol–water partition coefficient (Wildman–Crippen LogP) is 4.33. The largest absolute Gasteiger partial charge is 0.330 e. The van der Waals surface area contributed by atoms with Gasteiger partial charge in [0, 0.05) is 22.6 Å². The molecule has 4 heteroatoms. The molecule has 0 bridgehead atoms. The number of nitrogens with zero attached hydrogens (tertiary/aromatic N) is 1. The maximum absolute atomic E-state index is 6.30. The van der Waals surface area contributed by atoms with Crippen LogP contribution in [0.1, 0.15) is 38.2 Å². The third-order valence-electron chi connectivity index (χ3n) is 4.43. The van der Waals surface area contributed by atoms with Gasteiger partial charge in [0.1, 0.15) is 0 Å². The lowest BCUT2D eigenvalue weighted by Gasteiger charge is -2.39. The molecule has 112 valence electrons. The Morgan fingerprint density at radius 3 is 2.70 bits per heavy atom. The van der Waals surface area contributed by atoms with Gasteiger partial charge in [0.2, 0.25) is 0 Å². The van der Waals surface area contributed by atoms with Crippen molar-refractivity contribution in [3.05, 3.63) is 33.8 Å². The van der Waals surface area contributed by atoms with Gasteiger partial charge in [0.05, 0.1) is 0 Å². The van der Waals surface area contributed by atoms with Gasteiger partial charge < -0.3 is 5.73 Å². The van der Waals surface area contributed by atoms with Crippen LogP contribution in [0.3, 0.4) is 0 Å². The van der Waals surface area contributed by atoms with E-state index in [1.165, 1.54) is 25.7 Å². The van der Waals surface area contributed by atoms with Gasteiger partial charge in [-0.3, -0.25) is 4.90 Å². The average molecular weight is 315 g/mol. The molecule has 0 amide bonds. The van der Waals surface area contributed by atoms with E-state index in [-0.39, 0.29) is 0 Å². The Labute approximate surface area is 132 Å². The number of benzene rings is 1. The molecule has 1 aromatic rings. The molecular weight excluding hydrogens is 291 g/mol. The zero-order chi connectivity index (χ0) is 14.5. The molecule has 0 heterocycles. The lowest BCUT2D eigenvalue weighted by molar-refractivity contribution is 0.105. The molecule has 20 heavy (non-hydrogen) atoms. The van der Waals surface area contributed by atoms with Gasteiger partial charge in [-0.2, -0.15) is 0 Å². The van der Waals surface area contributed by atoms with Crippen LogP contribution in [0, 0.1) is 5.92 Å². The molecule has 1 fully saturated rings. The number of halogens is 2. The molecule has 1 saturated carbocycles. The SMILES string of the molecule is CCN(Cc1cc(Cl)ccc1Cl)C1CCCCC1CN. The van der Waals surface area contributed by atoms with E-state index < -0.39 is 0 Å². The third-order valence-corrected chi connectivity index (χ3v) is 5.03. The molecule has 0 aromatic heterocycles. The lowest BCUT2D eigenvalue weighted by atomic mass is 9.83. The minimum Gasteiger partial charge on any atom is -0.330 e. The van der Waals surface area contributed by atoms with Gasteiger partial charge in [0.25, 0.3) is 0 Å². The second-order valence-corrected chi connectivity index (χ2v) is 6.49. The van der Waals surface area contributed by atoms with Crippen molar-refractivity contribution in [2.45, 2.75) is 45.2 Å². The molecule has 2 rings (SSSR count). The fraction of sp³-hybridized carbons (Fsp3) is 0.625. The van der Waals surface area contributed by atoms with Crippen LogP contribution < -0.4 is 5.73 Å². The summed E-state index contributed by atoms with van der Waals surface area (Å²) >= 11 is 12.4. The van der Waals surface area contributed by atoms with Gasteiger partial charge >= 0.3 is 0 Å². The summed E-state index contributed by atoms with van der Waals surface area (Å²) in [7, 11) is 0. The summed E-state index contributed by atoms with van der Waals surface area (Å²) in [6.07, 6.45) is 5.11. The highest BCUT2D eigenvalue weighted by molar-refractivity contribution is 6.33. The monoisotopic (exact) mass is 314 g/mol. The zero-order valence-electron chi connectivity index (χ0n) is 12.1. The molecule has 2 nitrogen and oxygen atoms in total. The van der Waals surface area contributed by atoms with Crippen LogP contribution in [0.5, 0.6) is 0 Å². The molecule has 2 atom stereocenters. The molecule has 0 saturated heterocycles. The molecular formula is C16H24Cl2N2. The first-order chi connectivity index (χ1) is 9.65. The van der Waals surface area contributed by atoms with Crippen LogP contribution in [-0.2, 0) is 6.54 Å². The summed E-state index contributed by atoms with van der Waals surface area (Å²) in [6, 6.07) is 6.28. The van der Waals surface area contributed by atoms with Crippen molar-refractivity contribution < 1.29 is 0 Å². The minimum absolute atomic E-state index is 0.578. The Morgan fingerprint density at radius 2 is 2.00 bits per heavy atom. The van der Waals surface area contributed by atoms with E-state index in [4.69, 9.17) is 28.9 Å². The van der Waals surface area contributed by atoms with Crippen molar-refractivity contribution in [2.24, 2.45) is 11.7 Å². The second-order valence-electron chi connectivity index (χ2n) is 5.65. The Balaban J connectivity index is 2.13. The molecule has 0 spiro atoms. The fourth-order valence-corrected chi connectivity index (χ4v) is 3.66. The standard InChI is InChI=1S/C16H24Cl2N2/c1-2-20(16-6-4-3-5-12(16)10-19)11-13-9-14(17)7-8-15(13)18/h7-9,12,16H,2-6,10-11,19H2,1H3. The van der Waals surface area contributed by atoms with E-state index in [1.54, 1.807) is 0 Å². The van der Waals surface area contributed by atoms with Crippen molar-refractivity contribution in [3.8, 4) is 0 Å². The van der Waals surface area contributed by atoms with Crippen LogP contribution in [0.2, 0.25) is 10.0 Å². The van der Waals surface area contributed by atoms with Crippen LogP contribution in [0.15, 0.2) is 18.2 Å². The van der Waals surface area contributed by atoms with E-state index in [0.717, 1.165) is 35.2 Å².